The van der Waals surface area contributed by atoms with Crippen LogP contribution in [0.4, 0.5) is 11.8 Å². The summed E-state index contributed by atoms with van der Waals surface area (Å²) in [5, 5.41) is 3.20. The van der Waals surface area contributed by atoms with E-state index in [1.54, 1.807) is 6.33 Å². The molecule has 0 aromatic carbocycles. The van der Waals surface area contributed by atoms with E-state index in [2.05, 4.69) is 37.1 Å². The molecule has 2 N–H and O–H groups in total. The Hall–Kier alpha value is -1.70. The zero-order valence-corrected chi connectivity index (χ0v) is 12.2. The van der Waals surface area contributed by atoms with Gasteiger partial charge in [-0.3, -0.25) is 4.21 Å². The molecule has 1 fully saturated rings. The van der Waals surface area contributed by atoms with Gasteiger partial charge in [0, 0.05) is 41.9 Å². The Balaban J connectivity index is 1.94. The van der Waals surface area contributed by atoms with Crippen molar-refractivity contribution in [2.45, 2.75) is 13.3 Å². The highest BCUT2D eigenvalue weighted by molar-refractivity contribution is 7.85. The first-order chi connectivity index (χ1) is 9.78. The molecule has 0 atom stereocenters. The molecule has 0 bridgehead atoms. The summed E-state index contributed by atoms with van der Waals surface area (Å²) in [6, 6.07) is 0. The highest BCUT2D eigenvalue weighted by atomic mass is 32.2. The predicted molar refractivity (Wildman–Crippen MR) is 80.6 cm³/mol. The van der Waals surface area contributed by atoms with E-state index in [9.17, 15) is 4.21 Å². The van der Waals surface area contributed by atoms with Crippen LogP contribution >= 0.6 is 0 Å². The molecule has 0 unspecified atom stereocenters. The number of hydrogen-bond acceptors (Lipinski definition) is 6. The second-order valence-electron chi connectivity index (χ2n) is 4.73. The van der Waals surface area contributed by atoms with Gasteiger partial charge in [0.25, 0.3) is 0 Å². The Bertz CT molecular complexity index is 617. The zero-order valence-electron chi connectivity index (χ0n) is 11.4. The molecular formula is C12H18N6OS. The van der Waals surface area contributed by atoms with Crippen molar-refractivity contribution in [3.63, 3.8) is 0 Å². The third-order valence-corrected chi connectivity index (χ3v) is 4.55. The fourth-order valence-electron chi connectivity index (χ4n) is 2.21. The number of nitrogens with zero attached hydrogens (tertiary/aromatic N) is 4. The molecule has 1 saturated heterocycles. The average Bonchev–Trinajstić information content (AvgIpc) is 2.93. The van der Waals surface area contributed by atoms with E-state index >= 15 is 0 Å². The quantitative estimate of drug-likeness (QED) is 0.865. The molecule has 20 heavy (non-hydrogen) atoms. The van der Waals surface area contributed by atoms with Crippen LogP contribution in [0, 0.1) is 0 Å². The van der Waals surface area contributed by atoms with E-state index in [4.69, 9.17) is 0 Å². The smallest absolute Gasteiger partial charge is 0.226 e. The topological polar surface area (TPSA) is 86.8 Å². The SMILES string of the molecule is CCCNc1nc(N2CCS(=O)CC2)c2[nH]cnc2n1. The van der Waals surface area contributed by atoms with Crippen LogP contribution in [0.3, 0.4) is 0 Å². The van der Waals surface area contributed by atoms with Crippen molar-refractivity contribution in [1.82, 2.24) is 19.9 Å². The maximum Gasteiger partial charge on any atom is 0.226 e. The lowest BCUT2D eigenvalue weighted by Crippen LogP contribution is -2.38. The Labute approximate surface area is 119 Å². The summed E-state index contributed by atoms with van der Waals surface area (Å²) in [5.41, 5.74) is 1.51. The minimum Gasteiger partial charge on any atom is -0.354 e. The molecule has 0 amide bonds. The summed E-state index contributed by atoms with van der Waals surface area (Å²) in [6.07, 6.45) is 2.65. The predicted octanol–water partition coefficient (Wildman–Crippen LogP) is 0.743. The third-order valence-electron chi connectivity index (χ3n) is 3.28. The maximum atomic E-state index is 11.5. The number of rotatable bonds is 4. The van der Waals surface area contributed by atoms with Crippen LogP contribution in [0.5, 0.6) is 0 Å². The van der Waals surface area contributed by atoms with Crippen LogP contribution in [-0.4, -0.2) is 55.3 Å². The molecule has 3 rings (SSSR count). The second kappa shape index (κ2) is 5.74. The van der Waals surface area contributed by atoms with Crippen LogP contribution in [0.1, 0.15) is 13.3 Å². The van der Waals surface area contributed by atoms with Crippen molar-refractivity contribution in [3.05, 3.63) is 6.33 Å². The van der Waals surface area contributed by atoms with E-state index in [1.165, 1.54) is 0 Å². The molecule has 1 aliphatic rings. The standard InChI is InChI=1S/C12H18N6OS/c1-2-3-13-12-16-10-9(14-8-15-10)11(17-12)18-4-6-20(19)7-5-18/h8H,2-7H2,1H3,(H2,13,14,15,16,17). The lowest BCUT2D eigenvalue weighted by Gasteiger charge is -2.27. The van der Waals surface area contributed by atoms with Gasteiger partial charge in [-0.05, 0) is 6.42 Å². The molecule has 2 aromatic heterocycles. The Morgan fingerprint density at radius 2 is 2.20 bits per heavy atom. The fraction of sp³-hybridized carbons (Fsp3) is 0.583. The lowest BCUT2D eigenvalue weighted by molar-refractivity contribution is 0.672. The van der Waals surface area contributed by atoms with E-state index in [1.807, 2.05) is 0 Å². The van der Waals surface area contributed by atoms with Crippen LogP contribution in [0.25, 0.3) is 11.2 Å². The van der Waals surface area contributed by atoms with E-state index in [0.717, 1.165) is 37.4 Å². The fourth-order valence-corrected chi connectivity index (χ4v) is 3.26. The van der Waals surface area contributed by atoms with Crippen molar-refractivity contribution >= 4 is 33.7 Å². The van der Waals surface area contributed by atoms with Gasteiger partial charge in [-0.15, -0.1) is 0 Å². The Morgan fingerprint density at radius 3 is 2.95 bits per heavy atom. The van der Waals surface area contributed by atoms with E-state index in [0.29, 0.717) is 23.1 Å². The number of aromatic amines is 1. The second-order valence-corrected chi connectivity index (χ2v) is 6.43. The summed E-state index contributed by atoms with van der Waals surface area (Å²) in [4.78, 5) is 18.5. The molecule has 3 heterocycles. The van der Waals surface area contributed by atoms with Gasteiger partial charge in [-0.1, -0.05) is 6.92 Å². The molecule has 0 radical (unpaired) electrons. The molecule has 8 heteroatoms. The first kappa shape index (κ1) is 13.3. The summed E-state index contributed by atoms with van der Waals surface area (Å²) in [5.74, 6) is 2.84. The summed E-state index contributed by atoms with van der Waals surface area (Å²) in [6.45, 7) is 4.44. The minimum atomic E-state index is -0.695. The van der Waals surface area contributed by atoms with Crippen LogP contribution in [0.2, 0.25) is 0 Å². The molecule has 108 valence electrons. The Kier molecular flexibility index (Phi) is 3.81. The third kappa shape index (κ3) is 2.60. The number of fused-ring (bicyclic) bond motifs is 1. The van der Waals surface area contributed by atoms with Gasteiger partial charge in [-0.2, -0.15) is 9.97 Å². The minimum absolute atomic E-state index is 0.605. The first-order valence-electron chi connectivity index (χ1n) is 6.83. The summed E-state index contributed by atoms with van der Waals surface area (Å²) < 4.78 is 11.5. The van der Waals surface area contributed by atoms with Gasteiger partial charge in [0.05, 0.1) is 6.33 Å². The van der Waals surface area contributed by atoms with Gasteiger partial charge in [-0.25, -0.2) is 4.98 Å². The average molecular weight is 294 g/mol. The van der Waals surface area contributed by atoms with Crippen LogP contribution in [-0.2, 0) is 10.8 Å². The maximum absolute atomic E-state index is 11.5. The monoisotopic (exact) mass is 294 g/mol. The number of aromatic nitrogens is 4. The zero-order chi connectivity index (χ0) is 13.9. The van der Waals surface area contributed by atoms with Crippen LogP contribution in [0.15, 0.2) is 6.33 Å². The van der Waals surface area contributed by atoms with Crippen molar-refractivity contribution in [2.75, 3.05) is 41.4 Å². The summed E-state index contributed by atoms with van der Waals surface area (Å²) in [7, 11) is -0.695. The molecule has 0 saturated carbocycles. The van der Waals surface area contributed by atoms with Crippen molar-refractivity contribution < 1.29 is 4.21 Å². The van der Waals surface area contributed by atoms with Crippen molar-refractivity contribution in [2.24, 2.45) is 0 Å². The van der Waals surface area contributed by atoms with Gasteiger partial charge in [0.2, 0.25) is 5.95 Å². The van der Waals surface area contributed by atoms with Gasteiger partial charge in [0.1, 0.15) is 5.52 Å². The van der Waals surface area contributed by atoms with Gasteiger partial charge < -0.3 is 15.2 Å². The molecule has 1 aliphatic heterocycles. The summed E-state index contributed by atoms with van der Waals surface area (Å²) >= 11 is 0. The van der Waals surface area contributed by atoms with Crippen molar-refractivity contribution in [1.29, 1.82) is 0 Å². The number of imidazole rings is 1. The van der Waals surface area contributed by atoms with E-state index in [-0.39, 0.29) is 0 Å². The van der Waals surface area contributed by atoms with Gasteiger partial charge in [0.15, 0.2) is 11.5 Å². The molecule has 0 aliphatic carbocycles. The lowest BCUT2D eigenvalue weighted by atomic mass is 10.4. The van der Waals surface area contributed by atoms with Crippen LogP contribution < -0.4 is 10.2 Å². The molecule has 0 spiro atoms. The highest BCUT2D eigenvalue weighted by Gasteiger charge is 2.20. The normalized spacial score (nSPS) is 16.8. The number of H-pyrrole nitrogens is 1. The first-order valence-corrected chi connectivity index (χ1v) is 8.31. The molecular weight excluding hydrogens is 276 g/mol. The van der Waals surface area contributed by atoms with E-state index < -0.39 is 10.8 Å². The number of anilines is 2. The number of nitrogens with one attached hydrogen (secondary N) is 2. The largest absolute Gasteiger partial charge is 0.354 e. The van der Waals surface area contributed by atoms with Gasteiger partial charge >= 0.3 is 0 Å². The molecule has 2 aromatic rings. The molecule has 7 nitrogen and oxygen atoms in total. The number of hydrogen-bond donors (Lipinski definition) is 2. The Morgan fingerprint density at radius 1 is 1.40 bits per heavy atom. The van der Waals surface area contributed by atoms with Crippen molar-refractivity contribution in [3.8, 4) is 0 Å². The highest BCUT2D eigenvalue weighted by Crippen LogP contribution is 2.23.